The van der Waals surface area contributed by atoms with Crippen LogP contribution in [0.5, 0.6) is 0 Å². The van der Waals surface area contributed by atoms with Crippen LogP contribution in [0.25, 0.3) is 0 Å². The summed E-state index contributed by atoms with van der Waals surface area (Å²) in [5.41, 5.74) is 5.76. The van der Waals surface area contributed by atoms with Gasteiger partial charge in [0.1, 0.15) is 0 Å². The van der Waals surface area contributed by atoms with Crippen LogP contribution in [-0.4, -0.2) is 43.8 Å². The Kier molecular flexibility index (Phi) is 3.79. The maximum Gasteiger partial charge on any atom is 0.0469 e. The van der Waals surface area contributed by atoms with Gasteiger partial charge >= 0.3 is 0 Å². The SMILES string of the molecule is NCC1CCCN1CC1CCOCC1. The molecule has 82 valence electrons. The smallest absolute Gasteiger partial charge is 0.0469 e. The number of nitrogens with zero attached hydrogens (tertiary/aromatic N) is 1. The lowest BCUT2D eigenvalue weighted by molar-refractivity contribution is 0.0511. The van der Waals surface area contributed by atoms with Gasteiger partial charge in [0, 0.05) is 32.3 Å². The number of hydrogen-bond acceptors (Lipinski definition) is 3. The molecule has 0 bridgehead atoms. The molecule has 0 aromatic heterocycles. The number of likely N-dealkylation sites (tertiary alicyclic amines) is 1. The minimum absolute atomic E-state index is 0.665. The molecule has 2 saturated heterocycles. The second-order valence-corrected chi connectivity index (χ2v) is 4.58. The molecule has 3 heteroatoms. The normalized spacial score (nSPS) is 31.1. The summed E-state index contributed by atoms with van der Waals surface area (Å²) in [5.74, 6) is 0.857. The van der Waals surface area contributed by atoms with E-state index in [2.05, 4.69) is 4.90 Å². The van der Waals surface area contributed by atoms with Crippen LogP contribution in [0.2, 0.25) is 0 Å². The average Bonchev–Trinajstić information content (AvgIpc) is 2.67. The molecule has 2 aliphatic heterocycles. The van der Waals surface area contributed by atoms with Gasteiger partial charge < -0.3 is 10.5 Å². The molecule has 0 aromatic carbocycles. The number of ether oxygens (including phenoxy) is 1. The lowest BCUT2D eigenvalue weighted by atomic mass is 9.99. The first-order chi connectivity index (χ1) is 6.90. The van der Waals surface area contributed by atoms with Crippen molar-refractivity contribution in [2.75, 3.05) is 32.8 Å². The van der Waals surface area contributed by atoms with Crippen molar-refractivity contribution >= 4 is 0 Å². The van der Waals surface area contributed by atoms with E-state index in [-0.39, 0.29) is 0 Å². The third kappa shape index (κ3) is 2.47. The highest BCUT2D eigenvalue weighted by atomic mass is 16.5. The highest BCUT2D eigenvalue weighted by molar-refractivity contribution is 4.82. The van der Waals surface area contributed by atoms with Crippen LogP contribution in [0.15, 0.2) is 0 Å². The van der Waals surface area contributed by atoms with E-state index < -0.39 is 0 Å². The second kappa shape index (κ2) is 5.10. The van der Waals surface area contributed by atoms with Crippen molar-refractivity contribution in [3.05, 3.63) is 0 Å². The fraction of sp³-hybridized carbons (Fsp3) is 1.00. The maximum absolute atomic E-state index is 5.76. The Balaban J connectivity index is 1.77. The lowest BCUT2D eigenvalue weighted by Crippen LogP contribution is -2.39. The molecule has 0 aromatic rings. The van der Waals surface area contributed by atoms with Crippen LogP contribution in [0.1, 0.15) is 25.7 Å². The standard InChI is InChI=1S/C11H22N2O/c12-8-11-2-1-5-13(11)9-10-3-6-14-7-4-10/h10-11H,1-9,12H2. The van der Waals surface area contributed by atoms with E-state index in [4.69, 9.17) is 10.5 Å². The molecule has 1 unspecified atom stereocenters. The summed E-state index contributed by atoms with van der Waals surface area (Å²) >= 11 is 0. The first kappa shape index (κ1) is 10.4. The zero-order chi connectivity index (χ0) is 9.80. The van der Waals surface area contributed by atoms with Gasteiger partial charge in [-0.05, 0) is 38.1 Å². The van der Waals surface area contributed by atoms with E-state index in [1.807, 2.05) is 0 Å². The van der Waals surface area contributed by atoms with Crippen molar-refractivity contribution in [1.82, 2.24) is 4.90 Å². The number of hydrogen-bond donors (Lipinski definition) is 1. The summed E-state index contributed by atoms with van der Waals surface area (Å²) in [5, 5.41) is 0. The van der Waals surface area contributed by atoms with Crippen molar-refractivity contribution in [2.24, 2.45) is 11.7 Å². The predicted molar refractivity (Wildman–Crippen MR) is 57.2 cm³/mol. The molecule has 14 heavy (non-hydrogen) atoms. The molecule has 0 radical (unpaired) electrons. The Labute approximate surface area is 86.6 Å². The summed E-state index contributed by atoms with van der Waals surface area (Å²) in [6.45, 7) is 5.28. The van der Waals surface area contributed by atoms with Crippen LogP contribution >= 0.6 is 0 Å². The summed E-state index contributed by atoms with van der Waals surface area (Å²) in [4.78, 5) is 2.59. The van der Waals surface area contributed by atoms with Gasteiger partial charge in [-0.1, -0.05) is 0 Å². The first-order valence-corrected chi connectivity index (χ1v) is 5.92. The Morgan fingerprint density at radius 1 is 1.21 bits per heavy atom. The molecule has 1 atom stereocenters. The molecule has 2 heterocycles. The molecule has 0 amide bonds. The van der Waals surface area contributed by atoms with Crippen LogP contribution in [0.3, 0.4) is 0 Å². The maximum atomic E-state index is 5.76. The molecule has 2 aliphatic rings. The zero-order valence-corrected chi connectivity index (χ0v) is 8.95. The topological polar surface area (TPSA) is 38.5 Å². The quantitative estimate of drug-likeness (QED) is 0.730. The first-order valence-electron chi connectivity index (χ1n) is 5.92. The molecular weight excluding hydrogens is 176 g/mol. The third-order valence-corrected chi connectivity index (χ3v) is 3.60. The van der Waals surface area contributed by atoms with Gasteiger partial charge in [-0.15, -0.1) is 0 Å². The Hall–Kier alpha value is -0.120. The second-order valence-electron chi connectivity index (χ2n) is 4.58. The summed E-state index contributed by atoms with van der Waals surface area (Å²) in [7, 11) is 0. The molecule has 0 aliphatic carbocycles. The van der Waals surface area contributed by atoms with E-state index in [9.17, 15) is 0 Å². The van der Waals surface area contributed by atoms with E-state index in [0.717, 1.165) is 25.7 Å². The third-order valence-electron chi connectivity index (χ3n) is 3.60. The predicted octanol–water partition coefficient (Wildman–Crippen LogP) is 0.836. The van der Waals surface area contributed by atoms with Crippen LogP contribution in [-0.2, 0) is 4.74 Å². The molecule has 3 nitrogen and oxygen atoms in total. The molecule has 2 N–H and O–H groups in total. The van der Waals surface area contributed by atoms with Crippen molar-refractivity contribution in [3.8, 4) is 0 Å². The Morgan fingerprint density at radius 3 is 2.71 bits per heavy atom. The monoisotopic (exact) mass is 198 g/mol. The van der Waals surface area contributed by atoms with Crippen molar-refractivity contribution in [3.63, 3.8) is 0 Å². The summed E-state index contributed by atoms with van der Waals surface area (Å²) in [6, 6.07) is 0.665. The molecular formula is C11H22N2O. The van der Waals surface area contributed by atoms with Crippen molar-refractivity contribution in [2.45, 2.75) is 31.7 Å². The number of rotatable bonds is 3. The molecule has 0 saturated carbocycles. The minimum Gasteiger partial charge on any atom is -0.381 e. The Bertz CT molecular complexity index is 169. The molecule has 2 fully saturated rings. The van der Waals surface area contributed by atoms with Crippen LogP contribution in [0, 0.1) is 5.92 Å². The summed E-state index contributed by atoms with van der Waals surface area (Å²) < 4.78 is 5.37. The van der Waals surface area contributed by atoms with Crippen LogP contribution < -0.4 is 5.73 Å². The highest BCUT2D eigenvalue weighted by Crippen LogP contribution is 2.22. The zero-order valence-electron chi connectivity index (χ0n) is 8.95. The highest BCUT2D eigenvalue weighted by Gasteiger charge is 2.26. The van der Waals surface area contributed by atoms with Gasteiger partial charge in [0.15, 0.2) is 0 Å². The van der Waals surface area contributed by atoms with Crippen LogP contribution in [0.4, 0.5) is 0 Å². The largest absolute Gasteiger partial charge is 0.381 e. The van der Waals surface area contributed by atoms with E-state index in [1.54, 1.807) is 0 Å². The lowest BCUT2D eigenvalue weighted by Gasteiger charge is -2.30. The van der Waals surface area contributed by atoms with Gasteiger partial charge in [-0.3, -0.25) is 4.90 Å². The van der Waals surface area contributed by atoms with Gasteiger partial charge in [-0.2, -0.15) is 0 Å². The van der Waals surface area contributed by atoms with Gasteiger partial charge in [-0.25, -0.2) is 0 Å². The molecule has 0 spiro atoms. The van der Waals surface area contributed by atoms with Gasteiger partial charge in [0.25, 0.3) is 0 Å². The van der Waals surface area contributed by atoms with Crippen molar-refractivity contribution in [1.29, 1.82) is 0 Å². The van der Waals surface area contributed by atoms with E-state index in [0.29, 0.717) is 6.04 Å². The fourth-order valence-corrected chi connectivity index (χ4v) is 2.66. The average molecular weight is 198 g/mol. The fourth-order valence-electron chi connectivity index (χ4n) is 2.66. The van der Waals surface area contributed by atoms with Gasteiger partial charge in [0.05, 0.1) is 0 Å². The molecule has 2 rings (SSSR count). The van der Waals surface area contributed by atoms with E-state index in [1.165, 1.54) is 38.8 Å². The summed E-state index contributed by atoms with van der Waals surface area (Å²) in [6.07, 6.45) is 5.13. The van der Waals surface area contributed by atoms with Gasteiger partial charge in [0.2, 0.25) is 0 Å². The van der Waals surface area contributed by atoms with E-state index >= 15 is 0 Å². The Morgan fingerprint density at radius 2 is 2.00 bits per heavy atom. The number of nitrogens with two attached hydrogens (primary N) is 1. The minimum atomic E-state index is 0.665. The van der Waals surface area contributed by atoms with Crippen molar-refractivity contribution < 1.29 is 4.74 Å².